The normalized spacial score (nSPS) is 9.50. The molecule has 0 unspecified atom stereocenters. The molecule has 0 bridgehead atoms. The summed E-state index contributed by atoms with van der Waals surface area (Å²) in [6.07, 6.45) is 0.622. The van der Waals surface area contributed by atoms with Crippen molar-refractivity contribution in [2.75, 3.05) is 6.86 Å². The van der Waals surface area contributed by atoms with Crippen molar-refractivity contribution >= 4 is 22.2 Å². The van der Waals surface area contributed by atoms with Gasteiger partial charge < -0.3 is 4.74 Å². The molecule has 1 aromatic carbocycles. The van der Waals surface area contributed by atoms with Crippen LogP contribution in [-0.2, 0) is 0 Å². The van der Waals surface area contributed by atoms with E-state index in [1.54, 1.807) is 18.2 Å². The van der Waals surface area contributed by atoms with Crippen molar-refractivity contribution in [1.29, 1.82) is 0 Å². The Morgan fingerprint density at radius 1 is 1.58 bits per heavy atom. The molecule has 0 aromatic heterocycles. The Bertz CT molecular complexity index is 288. The van der Waals surface area contributed by atoms with Crippen LogP contribution in [0.2, 0.25) is 0 Å². The smallest absolute Gasteiger partial charge is 0.228 e. The first-order valence-corrected chi connectivity index (χ1v) is 4.00. The zero-order chi connectivity index (χ0) is 8.97. The van der Waals surface area contributed by atoms with E-state index >= 15 is 0 Å². The van der Waals surface area contributed by atoms with Gasteiger partial charge in [-0.05, 0) is 18.2 Å². The van der Waals surface area contributed by atoms with E-state index in [-0.39, 0.29) is 5.75 Å². The van der Waals surface area contributed by atoms with Crippen LogP contribution in [0.15, 0.2) is 22.7 Å². The number of ether oxygens (including phenoxy) is 1. The average molecular weight is 233 g/mol. The first-order chi connectivity index (χ1) is 5.77. The Hall–Kier alpha value is -0.900. The molecule has 0 N–H and O–H groups in total. The van der Waals surface area contributed by atoms with Crippen LogP contribution < -0.4 is 4.74 Å². The van der Waals surface area contributed by atoms with Gasteiger partial charge in [0.2, 0.25) is 6.86 Å². The van der Waals surface area contributed by atoms with Gasteiger partial charge in [0.1, 0.15) is 5.75 Å². The van der Waals surface area contributed by atoms with Crippen LogP contribution >= 0.6 is 15.9 Å². The van der Waals surface area contributed by atoms with Crippen LogP contribution in [0.3, 0.4) is 0 Å². The van der Waals surface area contributed by atoms with Gasteiger partial charge in [-0.15, -0.1) is 0 Å². The molecule has 0 fully saturated rings. The average Bonchev–Trinajstić information content (AvgIpc) is 2.05. The fraction of sp³-hybridized carbons (Fsp3) is 0.125. The summed E-state index contributed by atoms with van der Waals surface area (Å²) in [6.45, 7) is -0.933. The van der Waals surface area contributed by atoms with Crippen molar-refractivity contribution < 1.29 is 13.9 Å². The third kappa shape index (κ3) is 2.04. The second-order valence-electron chi connectivity index (χ2n) is 2.05. The van der Waals surface area contributed by atoms with E-state index in [9.17, 15) is 9.18 Å². The van der Waals surface area contributed by atoms with Gasteiger partial charge in [0.05, 0.1) is 5.56 Å². The molecule has 0 amide bonds. The molecule has 0 saturated carbocycles. The predicted molar refractivity (Wildman–Crippen MR) is 46.1 cm³/mol. The Morgan fingerprint density at radius 2 is 2.33 bits per heavy atom. The quantitative estimate of drug-likeness (QED) is 0.750. The summed E-state index contributed by atoms with van der Waals surface area (Å²) in [7, 11) is 0. The number of halogens is 2. The van der Waals surface area contributed by atoms with Crippen LogP contribution in [0.4, 0.5) is 4.39 Å². The second kappa shape index (κ2) is 4.21. The summed E-state index contributed by atoms with van der Waals surface area (Å²) in [5.74, 6) is 0.252. The standard InChI is InChI=1S/C8H6BrFO2/c9-7-2-1-6(4-11)8(3-7)12-5-10/h1-4H,5H2. The highest BCUT2D eigenvalue weighted by molar-refractivity contribution is 9.10. The summed E-state index contributed by atoms with van der Waals surface area (Å²) in [5, 5.41) is 0. The van der Waals surface area contributed by atoms with Crippen LogP contribution in [0, 0.1) is 0 Å². The Morgan fingerprint density at radius 3 is 2.92 bits per heavy atom. The molecule has 64 valence electrons. The molecular weight excluding hydrogens is 227 g/mol. The van der Waals surface area contributed by atoms with Crippen molar-refractivity contribution in [2.45, 2.75) is 0 Å². The van der Waals surface area contributed by atoms with E-state index in [4.69, 9.17) is 0 Å². The minimum Gasteiger partial charge on any atom is -0.462 e. The Labute approximate surface area is 77.5 Å². The van der Waals surface area contributed by atoms with E-state index < -0.39 is 6.86 Å². The maximum atomic E-state index is 11.8. The van der Waals surface area contributed by atoms with Gasteiger partial charge in [0.15, 0.2) is 6.29 Å². The monoisotopic (exact) mass is 232 g/mol. The minimum atomic E-state index is -0.933. The molecular formula is C8H6BrFO2. The zero-order valence-electron chi connectivity index (χ0n) is 6.09. The maximum Gasteiger partial charge on any atom is 0.228 e. The molecule has 0 aliphatic heterocycles. The molecule has 0 atom stereocenters. The second-order valence-corrected chi connectivity index (χ2v) is 2.97. The van der Waals surface area contributed by atoms with Crippen LogP contribution in [0.25, 0.3) is 0 Å². The molecule has 0 radical (unpaired) electrons. The van der Waals surface area contributed by atoms with Gasteiger partial charge in [0.25, 0.3) is 0 Å². The lowest BCUT2D eigenvalue weighted by molar-refractivity contribution is 0.111. The Kier molecular flexibility index (Phi) is 3.22. The van der Waals surface area contributed by atoms with E-state index in [2.05, 4.69) is 20.7 Å². The lowest BCUT2D eigenvalue weighted by Crippen LogP contribution is -1.94. The fourth-order valence-electron chi connectivity index (χ4n) is 0.789. The summed E-state index contributed by atoms with van der Waals surface area (Å²) in [5.41, 5.74) is 0.343. The number of alkyl halides is 1. The molecule has 1 aromatic rings. The lowest BCUT2D eigenvalue weighted by Gasteiger charge is -2.03. The summed E-state index contributed by atoms with van der Waals surface area (Å²) in [4.78, 5) is 10.4. The molecule has 0 aliphatic carbocycles. The molecule has 4 heteroatoms. The number of hydrogen-bond donors (Lipinski definition) is 0. The van der Waals surface area contributed by atoms with Crippen molar-refractivity contribution in [3.8, 4) is 5.75 Å². The van der Waals surface area contributed by atoms with Gasteiger partial charge in [-0.3, -0.25) is 4.79 Å². The number of carbonyl (C=O) groups is 1. The minimum absolute atomic E-state index is 0.252. The highest BCUT2D eigenvalue weighted by Gasteiger charge is 2.02. The first kappa shape index (κ1) is 9.19. The SMILES string of the molecule is O=Cc1ccc(Br)cc1OCF. The number of carbonyl (C=O) groups excluding carboxylic acids is 1. The summed E-state index contributed by atoms with van der Waals surface area (Å²) < 4.78 is 17.1. The van der Waals surface area contributed by atoms with E-state index in [1.165, 1.54) is 0 Å². The molecule has 0 aliphatic rings. The van der Waals surface area contributed by atoms with Crippen molar-refractivity contribution in [1.82, 2.24) is 0 Å². The van der Waals surface area contributed by atoms with E-state index in [0.29, 0.717) is 11.8 Å². The zero-order valence-corrected chi connectivity index (χ0v) is 7.67. The summed E-state index contributed by atoms with van der Waals surface area (Å²) in [6, 6.07) is 4.79. The fourth-order valence-corrected chi connectivity index (χ4v) is 1.13. The van der Waals surface area contributed by atoms with E-state index in [1.807, 2.05) is 0 Å². The molecule has 12 heavy (non-hydrogen) atoms. The third-order valence-electron chi connectivity index (χ3n) is 1.31. The van der Waals surface area contributed by atoms with Crippen LogP contribution in [0.5, 0.6) is 5.75 Å². The molecule has 1 rings (SSSR count). The van der Waals surface area contributed by atoms with Crippen molar-refractivity contribution in [2.24, 2.45) is 0 Å². The van der Waals surface area contributed by atoms with Gasteiger partial charge >= 0.3 is 0 Å². The molecule has 2 nitrogen and oxygen atoms in total. The summed E-state index contributed by atoms with van der Waals surface area (Å²) >= 11 is 3.18. The number of benzene rings is 1. The van der Waals surface area contributed by atoms with Gasteiger partial charge in [-0.2, -0.15) is 0 Å². The first-order valence-electron chi connectivity index (χ1n) is 3.21. The Balaban J connectivity index is 3.03. The van der Waals surface area contributed by atoms with Crippen molar-refractivity contribution in [3.63, 3.8) is 0 Å². The lowest BCUT2D eigenvalue weighted by atomic mass is 10.2. The molecule has 0 heterocycles. The number of aldehydes is 1. The van der Waals surface area contributed by atoms with E-state index in [0.717, 1.165) is 4.47 Å². The highest BCUT2D eigenvalue weighted by atomic mass is 79.9. The predicted octanol–water partition coefficient (Wildman–Crippen LogP) is 2.57. The topological polar surface area (TPSA) is 26.3 Å². The largest absolute Gasteiger partial charge is 0.462 e. The van der Waals surface area contributed by atoms with Gasteiger partial charge in [-0.1, -0.05) is 15.9 Å². The highest BCUT2D eigenvalue weighted by Crippen LogP contribution is 2.22. The van der Waals surface area contributed by atoms with Crippen LogP contribution in [0.1, 0.15) is 10.4 Å². The third-order valence-corrected chi connectivity index (χ3v) is 1.81. The van der Waals surface area contributed by atoms with Crippen molar-refractivity contribution in [3.05, 3.63) is 28.2 Å². The molecule has 0 spiro atoms. The van der Waals surface area contributed by atoms with Crippen LogP contribution in [-0.4, -0.2) is 13.1 Å². The number of rotatable bonds is 3. The van der Waals surface area contributed by atoms with Gasteiger partial charge in [0, 0.05) is 4.47 Å². The molecule has 0 saturated heterocycles. The maximum absolute atomic E-state index is 11.8. The number of hydrogen-bond acceptors (Lipinski definition) is 2. The van der Waals surface area contributed by atoms with Gasteiger partial charge in [-0.25, -0.2) is 4.39 Å².